The van der Waals surface area contributed by atoms with Gasteiger partial charge < -0.3 is 15.5 Å². The van der Waals surface area contributed by atoms with Crippen LogP contribution in [-0.2, 0) is 0 Å². The van der Waals surface area contributed by atoms with Gasteiger partial charge in [0.15, 0.2) is 11.5 Å². The molecule has 0 aliphatic heterocycles. The number of nitrogens with one attached hydrogen (secondary N) is 1. The van der Waals surface area contributed by atoms with Crippen molar-refractivity contribution in [2.24, 2.45) is 0 Å². The van der Waals surface area contributed by atoms with Crippen LogP contribution in [-0.4, -0.2) is 16.8 Å². The topological polar surface area (TPSA) is 52.5 Å². The molecule has 2 rings (SSSR count). The van der Waals surface area contributed by atoms with Gasteiger partial charge in [-0.15, -0.1) is 0 Å². The number of unbranched alkanes of at least 4 members (excludes halogenated alkanes) is 5. The van der Waals surface area contributed by atoms with E-state index in [9.17, 15) is 10.2 Å². The molecule has 0 bridgehead atoms. The zero-order valence-corrected chi connectivity index (χ0v) is 13.7. The van der Waals surface area contributed by atoms with Crippen molar-refractivity contribution in [2.45, 2.75) is 52.4 Å². The Labute approximate surface area is 133 Å². The molecule has 0 aromatic heterocycles. The highest BCUT2D eigenvalue weighted by Gasteiger charge is 2.08. The molecule has 0 aliphatic rings. The van der Waals surface area contributed by atoms with Gasteiger partial charge in [-0.25, -0.2) is 0 Å². The minimum atomic E-state index is -0.0688. The molecule has 2 aromatic rings. The van der Waals surface area contributed by atoms with Crippen LogP contribution in [0.4, 0.5) is 5.69 Å². The van der Waals surface area contributed by atoms with Crippen molar-refractivity contribution < 1.29 is 10.2 Å². The smallest absolute Gasteiger partial charge is 0.158 e. The van der Waals surface area contributed by atoms with E-state index in [-0.39, 0.29) is 11.5 Å². The van der Waals surface area contributed by atoms with E-state index in [2.05, 4.69) is 12.2 Å². The molecule has 0 heterocycles. The zero-order valence-electron chi connectivity index (χ0n) is 13.7. The molecule has 3 nitrogen and oxygen atoms in total. The van der Waals surface area contributed by atoms with Crippen molar-refractivity contribution in [3.8, 4) is 11.5 Å². The van der Waals surface area contributed by atoms with Crippen LogP contribution in [0.25, 0.3) is 10.8 Å². The molecule has 0 aliphatic carbocycles. The minimum Gasteiger partial charge on any atom is -0.504 e. The number of anilines is 1. The van der Waals surface area contributed by atoms with E-state index < -0.39 is 0 Å². The Bertz CT molecular complexity index is 622. The van der Waals surface area contributed by atoms with Crippen LogP contribution in [0.15, 0.2) is 24.3 Å². The van der Waals surface area contributed by atoms with Crippen LogP contribution in [0.3, 0.4) is 0 Å². The van der Waals surface area contributed by atoms with E-state index in [4.69, 9.17) is 0 Å². The summed E-state index contributed by atoms with van der Waals surface area (Å²) in [6, 6.07) is 7.37. The minimum absolute atomic E-state index is 0.0660. The van der Waals surface area contributed by atoms with E-state index in [0.29, 0.717) is 0 Å². The lowest BCUT2D eigenvalue weighted by atomic mass is 10.0. The number of aromatic hydroxyl groups is 2. The van der Waals surface area contributed by atoms with Crippen LogP contribution in [0, 0.1) is 6.92 Å². The molecule has 22 heavy (non-hydrogen) atoms. The average molecular weight is 301 g/mol. The van der Waals surface area contributed by atoms with E-state index in [0.717, 1.165) is 35.0 Å². The second-order valence-electron chi connectivity index (χ2n) is 6.01. The lowest BCUT2D eigenvalue weighted by Gasteiger charge is -2.12. The molecule has 0 fully saturated rings. The molecule has 3 N–H and O–H groups in total. The molecule has 0 saturated heterocycles. The monoisotopic (exact) mass is 301 g/mol. The van der Waals surface area contributed by atoms with Crippen LogP contribution in [0.2, 0.25) is 0 Å². The van der Waals surface area contributed by atoms with Gasteiger partial charge in [0.05, 0.1) is 0 Å². The van der Waals surface area contributed by atoms with Gasteiger partial charge in [-0.2, -0.15) is 0 Å². The van der Waals surface area contributed by atoms with Gasteiger partial charge in [0.2, 0.25) is 0 Å². The predicted octanol–water partition coefficient (Wildman–Crippen LogP) is 5.33. The van der Waals surface area contributed by atoms with E-state index in [1.54, 1.807) is 12.1 Å². The Balaban J connectivity index is 1.99. The predicted molar refractivity (Wildman–Crippen MR) is 93.9 cm³/mol. The third-order valence-electron chi connectivity index (χ3n) is 4.18. The number of phenols is 2. The summed E-state index contributed by atoms with van der Waals surface area (Å²) in [5.41, 5.74) is 2.11. The Morgan fingerprint density at radius 2 is 1.50 bits per heavy atom. The molecule has 3 heteroatoms. The summed E-state index contributed by atoms with van der Waals surface area (Å²) in [5, 5.41) is 24.8. The second kappa shape index (κ2) is 7.92. The number of fused-ring (bicyclic) bond motifs is 1. The number of benzene rings is 2. The molecule has 0 atom stereocenters. The third-order valence-corrected chi connectivity index (χ3v) is 4.18. The number of aryl methyl sites for hydroxylation is 1. The lowest BCUT2D eigenvalue weighted by Crippen LogP contribution is -2.02. The van der Waals surface area contributed by atoms with Crippen molar-refractivity contribution in [3.63, 3.8) is 0 Å². The molecule has 0 radical (unpaired) electrons. The quantitative estimate of drug-likeness (QED) is 0.456. The largest absolute Gasteiger partial charge is 0.504 e. The molecule has 0 unspecified atom stereocenters. The average Bonchev–Trinajstić information content (AvgIpc) is 2.50. The van der Waals surface area contributed by atoms with Crippen LogP contribution < -0.4 is 5.32 Å². The van der Waals surface area contributed by atoms with Crippen molar-refractivity contribution >= 4 is 16.5 Å². The first-order chi connectivity index (χ1) is 10.6. The normalized spacial score (nSPS) is 11.0. The SMILES string of the molecule is CCCCCCCCNc1ccc(C)c2cc(O)c(O)cc12. The summed E-state index contributed by atoms with van der Waals surface area (Å²) in [5.74, 6) is -0.135. The van der Waals surface area contributed by atoms with Crippen molar-refractivity contribution in [2.75, 3.05) is 11.9 Å². The summed E-state index contributed by atoms with van der Waals surface area (Å²) in [4.78, 5) is 0. The Hall–Kier alpha value is -1.90. The molecule has 0 spiro atoms. The Morgan fingerprint density at radius 1 is 0.864 bits per heavy atom. The first-order valence-corrected chi connectivity index (χ1v) is 8.32. The van der Waals surface area contributed by atoms with E-state index in [1.807, 2.05) is 19.1 Å². The van der Waals surface area contributed by atoms with Crippen molar-refractivity contribution in [1.29, 1.82) is 0 Å². The maximum atomic E-state index is 9.75. The maximum Gasteiger partial charge on any atom is 0.158 e. The highest BCUT2D eigenvalue weighted by atomic mass is 16.3. The standard InChI is InChI=1S/C19H27NO2/c1-3-4-5-6-7-8-11-20-17-10-9-14(2)15-12-18(21)19(22)13-16(15)17/h9-10,12-13,20-22H,3-8,11H2,1-2H3. The van der Waals surface area contributed by atoms with Crippen LogP contribution in [0.5, 0.6) is 11.5 Å². The molecule has 0 amide bonds. The van der Waals surface area contributed by atoms with Gasteiger partial charge in [0, 0.05) is 17.6 Å². The molecular weight excluding hydrogens is 274 g/mol. The summed E-state index contributed by atoms with van der Waals surface area (Å²) < 4.78 is 0. The van der Waals surface area contributed by atoms with Gasteiger partial charge in [0.1, 0.15) is 0 Å². The van der Waals surface area contributed by atoms with Crippen LogP contribution in [0.1, 0.15) is 51.0 Å². The summed E-state index contributed by atoms with van der Waals surface area (Å²) in [6.07, 6.45) is 7.66. The molecular formula is C19H27NO2. The first-order valence-electron chi connectivity index (χ1n) is 8.32. The fraction of sp³-hybridized carbons (Fsp3) is 0.474. The second-order valence-corrected chi connectivity index (χ2v) is 6.01. The third kappa shape index (κ3) is 4.06. The zero-order chi connectivity index (χ0) is 15.9. The van der Waals surface area contributed by atoms with Gasteiger partial charge in [0.25, 0.3) is 0 Å². The van der Waals surface area contributed by atoms with Gasteiger partial charge in [-0.05, 0) is 42.5 Å². The van der Waals surface area contributed by atoms with Crippen LogP contribution >= 0.6 is 0 Å². The Morgan fingerprint density at radius 3 is 2.23 bits per heavy atom. The van der Waals surface area contributed by atoms with Crippen molar-refractivity contribution in [1.82, 2.24) is 0 Å². The highest BCUT2D eigenvalue weighted by Crippen LogP contribution is 2.35. The van der Waals surface area contributed by atoms with Gasteiger partial charge >= 0.3 is 0 Å². The van der Waals surface area contributed by atoms with Gasteiger partial charge in [-0.1, -0.05) is 45.1 Å². The number of rotatable bonds is 8. The lowest BCUT2D eigenvalue weighted by molar-refractivity contribution is 0.405. The Kier molecular flexibility index (Phi) is 5.93. The molecule has 120 valence electrons. The van der Waals surface area contributed by atoms with E-state index in [1.165, 1.54) is 32.1 Å². The number of hydrogen-bond donors (Lipinski definition) is 3. The summed E-state index contributed by atoms with van der Waals surface area (Å²) >= 11 is 0. The summed E-state index contributed by atoms with van der Waals surface area (Å²) in [7, 11) is 0. The number of phenolic OH excluding ortho intramolecular Hbond substituents is 2. The maximum absolute atomic E-state index is 9.75. The number of hydrogen-bond acceptors (Lipinski definition) is 3. The molecule has 2 aromatic carbocycles. The van der Waals surface area contributed by atoms with Gasteiger partial charge in [-0.3, -0.25) is 0 Å². The van der Waals surface area contributed by atoms with E-state index >= 15 is 0 Å². The summed E-state index contributed by atoms with van der Waals surface area (Å²) in [6.45, 7) is 5.18. The fourth-order valence-electron chi connectivity index (χ4n) is 2.80. The van der Waals surface area contributed by atoms with Crippen molar-refractivity contribution in [3.05, 3.63) is 29.8 Å². The first kappa shape index (κ1) is 16.5. The molecule has 0 saturated carbocycles. The highest BCUT2D eigenvalue weighted by molar-refractivity contribution is 5.98. The fourth-order valence-corrected chi connectivity index (χ4v) is 2.80.